The van der Waals surface area contributed by atoms with Crippen LogP contribution in [0.15, 0.2) is 18.5 Å². The Morgan fingerprint density at radius 1 is 1.43 bits per heavy atom. The third-order valence-corrected chi connectivity index (χ3v) is 4.55. The van der Waals surface area contributed by atoms with Crippen LogP contribution in [0.1, 0.15) is 49.0 Å². The highest BCUT2D eigenvalue weighted by atomic mass is 16.2. The van der Waals surface area contributed by atoms with Gasteiger partial charge in [0.25, 0.3) is 5.91 Å². The first-order chi connectivity index (χ1) is 10.1. The minimum Gasteiger partial charge on any atom is -0.338 e. The first-order valence-electron chi connectivity index (χ1n) is 7.57. The molecule has 1 amide bonds. The van der Waals surface area contributed by atoms with Gasteiger partial charge in [-0.2, -0.15) is 0 Å². The van der Waals surface area contributed by atoms with Crippen molar-refractivity contribution >= 4 is 5.91 Å². The summed E-state index contributed by atoms with van der Waals surface area (Å²) in [7, 11) is 0. The zero-order valence-electron chi connectivity index (χ0n) is 12.9. The molecule has 2 rings (SSSR count). The van der Waals surface area contributed by atoms with Crippen LogP contribution in [-0.4, -0.2) is 35.4 Å². The van der Waals surface area contributed by atoms with Crippen molar-refractivity contribution in [3.63, 3.8) is 0 Å². The third kappa shape index (κ3) is 3.43. The number of nitrogens with zero attached hydrogens (tertiary/aromatic N) is 2. The van der Waals surface area contributed by atoms with Gasteiger partial charge in [0.2, 0.25) is 0 Å². The SMILES string of the molecule is CCC1(CC)CCN(C(=O)c2cncc(C#CCN)c2)C1. The highest BCUT2D eigenvalue weighted by Gasteiger charge is 2.37. The quantitative estimate of drug-likeness (QED) is 0.865. The number of nitrogens with two attached hydrogens (primary N) is 1. The van der Waals surface area contributed by atoms with Crippen LogP contribution in [0.2, 0.25) is 0 Å². The van der Waals surface area contributed by atoms with E-state index in [4.69, 9.17) is 5.73 Å². The van der Waals surface area contributed by atoms with E-state index in [0.29, 0.717) is 17.5 Å². The monoisotopic (exact) mass is 285 g/mol. The zero-order valence-corrected chi connectivity index (χ0v) is 12.9. The molecule has 0 aromatic carbocycles. The molecule has 0 aliphatic carbocycles. The summed E-state index contributed by atoms with van der Waals surface area (Å²) in [5.74, 6) is 5.76. The van der Waals surface area contributed by atoms with Crippen molar-refractivity contribution in [3.8, 4) is 11.8 Å². The molecule has 1 fully saturated rings. The molecule has 4 heteroatoms. The van der Waals surface area contributed by atoms with E-state index < -0.39 is 0 Å². The fraction of sp³-hybridized carbons (Fsp3) is 0.529. The smallest absolute Gasteiger partial charge is 0.255 e. The lowest BCUT2D eigenvalue weighted by molar-refractivity contribution is 0.0769. The summed E-state index contributed by atoms with van der Waals surface area (Å²) in [6.45, 7) is 6.40. The van der Waals surface area contributed by atoms with E-state index in [1.165, 1.54) is 0 Å². The van der Waals surface area contributed by atoms with Gasteiger partial charge in [0, 0.05) is 31.0 Å². The number of hydrogen-bond acceptors (Lipinski definition) is 3. The number of pyridine rings is 1. The minimum atomic E-state index is 0.0580. The lowest BCUT2D eigenvalue weighted by Crippen LogP contribution is -2.31. The minimum absolute atomic E-state index is 0.0580. The van der Waals surface area contributed by atoms with Crippen molar-refractivity contribution in [2.24, 2.45) is 11.1 Å². The molecule has 0 spiro atoms. The van der Waals surface area contributed by atoms with Gasteiger partial charge in [-0.25, -0.2) is 0 Å². The molecule has 0 unspecified atom stereocenters. The molecular weight excluding hydrogens is 262 g/mol. The zero-order chi connectivity index (χ0) is 15.3. The molecule has 1 aromatic heterocycles. The average molecular weight is 285 g/mol. The number of aromatic nitrogens is 1. The van der Waals surface area contributed by atoms with Crippen molar-refractivity contribution < 1.29 is 4.79 Å². The largest absolute Gasteiger partial charge is 0.338 e. The Hall–Kier alpha value is -1.86. The van der Waals surface area contributed by atoms with Gasteiger partial charge in [-0.15, -0.1) is 0 Å². The first kappa shape index (κ1) is 15.5. The van der Waals surface area contributed by atoms with E-state index in [0.717, 1.165) is 37.9 Å². The molecule has 21 heavy (non-hydrogen) atoms. The van der Waals surface area contributed by atoms with Crippen LogP contribution in [0, 0.1) is 17.3 Å². The lowest BCUT2D eigenvalue weighted by Gasteiger charge is -2.26. The predicted octanol–water partition coefficient (Wildman–Crippen LogP) is 2.04. The van der Waals surface area contributed by atoms with Crippen molar-refractivity contribution in [3.05, 3.63) is 29.6 Å². The Bertz CT molecular complexity index is 567. The Balaban J connectivity index is 2.14. The molecule has 1 aliphatic heterocycles. The van der Waals surface area contributed by atoms with E-state index in [-0.39, 0.29) is 5.91 Å². The maximum absolute atomic E-state index is 12.6. The summed E-state index contributed by atoms with van der Waals surface area (Å²) >= 11 is 0. The van der Waals surface area contributed by atoms with Gasteiger partial charge >= 0.3 is 0 Å². The Morgan fingerprint density at radius 2 is 2.19 bits per heavy atom. The van der Waals surface area contributed by atoms with E-state index in [2.05, 4.69) is 30.7 Å². The van der Waals surface area contributed by atoms with E-state index in [9.17, 15) is 4.79 Å². The highest BCUT2D eigenvalue weighted by Crippen LogP contribution is 2.37. The Labute approximate surface area is 126 Å². The molecule has 1 saturated heterocycles. The fourth-order valence-electron chi connectivity index (χ4n) is 2.90. The van der Waals surface area contributed by atoms with E-state index >= 15 is 0 Å². The molecule has 112 valence electrons. The third-order valence-electron chi connectivity index (χ3n) is 4.55. The number of amides is 1. The molecule has 1 aromatic rings. The number of rotatable bonds is 3. The first-order valence-corrected chi connectivity index (χ1v) is 7.57. The fourth-order valence-corrected chi connectivity index (χ4v) is 2.90. The van der Waals surface area contributed by atoms with Crippen LogP contribution >= 0.6 is 0 Å². The van der Waals surface area contributed by atoms with E-state index in [1.54, 1.807) is 18.5 Å². The average Bonchev–Trinajstić information content (AvgIpc) is 2.97. The molecule has 0 radical (unpaired) electrons. The van der Waals surface area contributed by atoms with Gasteiger partial charge in [0.15, 0.2) is 0 Å². The summed E-state index contributed by atoms with van der Waals surface area (Å²) in [6.07, 6.45) is 6.60. The second-order valence-electron chi connectivity index (χ2n) is 5.65. The van der Waals surface area contributed by atoms with Crippen molar-refractivity contribution in [1.29, 1.82) is 0 Å². The van der Waals surface area contributed by atoms with Gasteiger partial charge in [-0.3, -0.25) is 9.78 Å². The van der Waals surface area contributed by atoms with E-state index in [1.807, 2.05) is 4.90 Å². The van der Waals surface area contributed by atoms with Crippen LogP contribution in [0.25, 0.3) is 0 Å². The van der Waals surface area contributed by atoms with Crippen LogP contribution in [0.5, 0.6) is 0 Å². The van der Waals surface area contributed by atoms with Crippen LogP contribution in [-0.2, 0) is 0 Å². The number of hydrogen-bond donors (Lipinski definition) is 1. The van der Waals surface area contributed by atoms with Gasteiger partial charge in [-0.05, 0) is 30.7 Å². The Morgan fingerprint density at radius 3 is 2.81 bits per heavy atom. The number of likely N-dealkylation sites (tertiary alicyclic amines) is 1. The number of carbonyl (C=O) groups excluding carboxylic acids is 1. The van der Waals surface area contributed by atoms with Gasteiger partial charge in [-0.1, -0.05) is 25.7 Å². The molecule has 2 heterocycles. The molecule has 1 aliphatic rings. The topological polar surface area (TPSA) is 59.2 Å². The van der Waals surface area contributed by atoms with Crippen LogP contribution in [0.3, 0.4) is 0 Å². The van der Waals surface area contributed by atoms with Gasteiger partial charge in [0.05, 0.1) is 12.1 Å². The summed E-state index contributed by atoms with van der Waals surface area (Å²) in [6, 6.07) is 1.80. The maximum atomic E-state index is 12.6. The number of carbonyl (C=O) groups is 1. The van der Waals surface area contributed by atoms with Crippen LogP contribution < -0.4 is 5.73 Å². The second kappa shape index (κ2) is 6.73. The van der Waals surface area contributed by atoms with Crippen molar-refractivity contribution in [2.45, 2.75) is 33.1 Å². The molecule has 0 atom stereocenters. The van der Waals surface area contributed by atoms with Crippen molar-refractivity contribution in [1.82, 2.24) is 9.88 Å². The molecule has 4 nitrogen and oxygen atoms in total. The Kier molecular flexibility index (Phi) is 4.98. The van der Waals surface area contributed by atoms with Gasteiger partial charge in [0.1, 0.15) is 0 Å². The molecule has 2 N–H and O–H groups in total. The summed E-state index contributed by atoms with van der Waals surface area (Å²) in [4.78, 5) is 18.7. The maximum Gasteiger partial charge on any atom is 0.255 e. The molecule has 0 bridgehead atoms. The standard InChI is InChI=1S/C17H23N3O/c1-3-17(4-2)7-9-20(13-17)16(21)15-10-14(6-5-8-18)11-19-12-15/h10-12H,3-4,7-9,13,18H2,1-2H3. The normalized spacial score (nSPS) is 16.4. The predicted molar refractivity (Wildman–Crippen MR) is 83.7 cm³/mol. The summed E-state index contributed by atoms with van der Waals surface area (Å²) in [5.41, 5.74) is 7.01. The van der Waals surface area contributed by atoms with Crippen molar-refractivity contribution in [2.75, 3.05) is 19.6 Å². The summed E-state index contributed by atoms with van der Waals surface area (Å²) in [5, 5.41) is 0. The molecular formula is C17H23N3O. The summed E-state index contributed by atoms with van der Waals surface area (Å²) < 4.78 is 0. The highest BCUT2D eigenvalue weighted by molar-refractivity contribution is 5.94. The van der Waals surface area contributed by atoms with Crippen LogP contribution in [0.4, 0.5) is 0 Å². The van der Waals surface area contributed by atoms with Gasteiger partial charge < -0.3 is 10.6 Å². The second-order valence-corrected chi connectivity index (χ2v) is 5.65. The molecule has 0 saturated carbocycles. The lowest BCUT2D eigenvalue weighted by atomic mass is 9.82.